The standard InChI is InChI=1S/C43H60N4O2S/c1-27(2)30-15-21-43(46-26-25-45-38-44-24-18-35(47-38)50-8)23-22-41(6)32(36(30)43)13-14-34-40(5)19-16-31(28-9-11-29(12-10-28)37(48)49)39(3,4)33(40)17-20-42(34,41)7/h9-12,16,18,24,30,32-34,36,46H,1,13-15,17,19-23,25-26H2,2-8H3,(H,48,49)(H,44,45,47)/t30-,32+,33-,34+,36+,40-,41+,42+,43-/m0/s1. The van der Waals surface area contributed by atoms with Gasteiger partial charge in [-0.1, -0.05) is 65.0 Å². The van der Waals surface area contributed by atoms with Crippen molar-refractivity contribution in [1.82, 2.24) is 15.3 Å². The summed E-state index contributed by atoms with van der Waals surface area (Å²) in [7, 11) is 0. The second-order valence-corrected chi connectivity index (χ2v) is 18.9. The Bertz CT molecular complexity index is 1670. The molecule has 0 amide bonds. The van der Waals surface area contributed by atoms with E-state index >= 15 is 0 Å². The van der Waals surface area contributed by atoms with E-state index in [4.69, 9.17) is 0 Å². The fraction of sp³-hybridized carbons (Fsp3) is 0.651. The van der Waals surface area contributed by atoms with E-state index in [9.17, 15) is 9.90 Å². The first-order valence-corrected chi connectivity index (χ1v) is 20.5. The third-order valence-corrected chi connectivity index (χ3v) is 16.5. The molecule has 0 unspecified atom stereocenters. The van der Waals surface area contributed by atoms with E-state index in [-0.39, 0.29) is 16.4 Å². The minimum atomic E-state index is -0.862. The maximum absolute atomic E-state index is 11.6. The molecule has 5 aliphatic rings. The molecule has 4 fully saturated rings. The van der Waals surface area contributed by atoms with Gasteiger partial charge in [-0.05, 0) is 152 Å². The number of aromatic nitrogens is 2. The van der Waals surface area contributed by atoms with Crippen LogP contribution in [-0.4, -0.2) is 45.9 Å². The summed E-state index contributed by atoms with van der Waals surface area (Å²) >= 11 is 1.65. The normalized spacial score (nSPS) is 38.5. The quantitative estimate of drug-likeness (QED) is 0.104. The summed E-state index contributed by atoms with van der Waals surface area (Å²) in [5.74, 6) is 3.04. The Balaban J connectivity index is 1.14. The number of aromatic carboxylic acids is 1. The van der Waals surface area contributed by atoms with E-state index in [1.807, 2.05) is 24.4 Å². The Kier molecular flexibility index (Phi) is 9.14. The van der Waals surface area contributed by atoms with Crippen molar-refractivity contribution in [2.45, 2.75) is 110 Å². The third-order valence-electron chi connectivity index (χ3n) is 15.8. The number of nitrogens with zero attached hydrogens (tertiary/aromatic N) is 2. The summed E-state index contributed by atoms with van der Waals surface area (Å²) < 4.78 is 0. The highest BCUT2D eigenvalue weighted by Crippen LogP contribution is 2.76. The molecule has 1 aromatic heterocycles. The highest BCUT2D eigenvalue weighted by Gasteiger charge is 2.70. The number of benzene rings is 1. The number of carbonyl (C=O) groups is 1. The van der Waals surface area contributed by atoms with Gasteiger partial charge in [0.25, 0.3) is 0 Å². The van der Waals surface area contributed by atoms with Gasteiger partial charge in [0, 0.05) is 24.8 Å². The first-order chi connectivity index (χ1) is 23.7. The van der Waals surface area contributed by atoms with Crippen molar-refractivity contribution in [2.24, 2.45) is 51.2 Å². The van der Waals surface area contributed by atoms with Crippen LogP contribution >= 0.6 is 11.8 Å². The Morgan fingerprint density at radius 3 is 2.40 bits per heavy atom. The number of fused-ring (bicyclic) bond motifs is 7. The average molecular weight is 697 g/mol. The number of hydrogen-bond acceptors (Lipinski definition) is 6. The number of rotatable bonds is 9. The lowest BCUT2D eigenvalue weighted by molar-refractivity contribution is -0.219. The van der Waals surface area contributed by atoms with Gasteiger partial charge in [-0.15, -0.1) is 11.8 Å². The smallest absolute Gasteiger partial charge is 0.335 e. The second-order valence-electron chi connectivity index (χ2n) is 18.0. The Labute approximate surface area is 305 Å². The van der Waals surface area contributed by atoms with Gasteiger partial charge in [-0.2, -0.15) is 0 Å². The second kappa shape index (κ2) is 12.8. The van der Waals surface area contributed by atoms with Gasteiger partial charge in [0.2, 0.25) is 5.95 Å². The molecule has 7 heteroatoms. The minimum absolute atomic E-state index is 0.0226. The zero-order chi connectivity index (χ0) is 35.7. The number of anilines is 1. The average Bonchev–Trinajstić information content (AvgIpc) is 3.47. The Hall–Kier alpha value is -2.64. The molecule has 0 bridgehead atoms. The number of nitrogens with one attached hydrogen (secondary N) is 2. The van der Waals surface area contributed by atoms with Gasteiger partial charge in [-0.25, -0.2) is 14.8 Å². The van der Waals surface area contributed by atoms with Crippen LogP contribution in [0.1, 0.15) is 115 Å². The lowest BCUT2D eigenvalue weighted by Crippen LogP contribution is -2.68. The molecule has 0 aliphatic heterocycles. The van der Waals surface area contributed by atoms with Crippen LogP contribution < -0.4 is 10.6 Å². The van der Waals surface area contributed by atoms with Crippen molar-refractivity contribution in [3.05, 3.63) is 65.9 Å². The van der Waals surface area contributed by atoms with Crippen molar-refractivity contribution in [1.29, 1.82) is 0 Å². The van der Waals surface area contributed by atoms with Crippen LogP contribution in [0.5, 0.6) is 0 Å². The SMILES string of the molecule is C=C(C)[C@@H]1CC[C@]2(NCCNc3nccc(SC)n3)CC[C@]3(C)[C@H](CC[C@@H]4[C@@]5(C)CC=C(c6ccc(C(=O)O)cc6)C(C)(C)[C@@H]5CC[C@]43C)[C@@H]12. The molecule has 4 saturated carbocycles. The van der Waals surface area contributed by atoms with E-state index in [0.717, 1.165) is 30.5 Å². The van der Waals surface area contributed by atoms with Crippen LogP contribution in [0.3, 0.4) is 0 Å². The van der Waals surface area contributed by atoms with Gasteiger partial charge in [-0.3, -0.25) is 0 Å². The van der Waals surface area contributed by atoms with Crippen molar-refractivity contribution in [3.8, 4) is 0 Å². The van der Waals surface area contributed by atoms with E-state index in [1.165, 1.54) is 68.1 Å². The summed E-state index contributed by atoms with van der Waals surface area (Å²) in [6, 6.07) is 9.58. The fourth-order valence-electron chi connectivity index (χ4n) is 13.4. The summed E-state index contributed by atoms with van der Waals surface area (Å²) in [6.07, 6.45) is 17.8. The van der Waals surface area contributed by atoms with Crippen molar-refractivity contribution >= 4 is 29.3 Å². The highest BCUT2D eigenvalue weighted by molar-refractivity contribution is 7.98. The van der Waals surface area contributed by atoms with E-state index in [2.05, 4.69) is 81.1 Å². The van der Waals surface area contributed by atoms with Gasteiger partial charge in [0.15, 0.2) is 0 Å². The van der Waals surface area contributed by atoms with E-state index in [1.54, 1.807) is 23.9 Å². The molecule has 1 heterocycles. The number of carboxylic acid groups (broad SMARTS) is 1. The zero-order valence-corrected chi connectivity index (χ0v) is 32.4. The molecule has 9 atom stereocenters. The summed E-state index contributed by atoms with van der Waals surface area (Å²) in [5.41, 5.74) is 5.35. The molecule has 270 valence electrons. The van der Waals surface area contributed by atoms with Crippen LogP contribution in [0.4, 0.5) is 5.95 Å². The molecule has 0 saturated heterocycles. The maximum atomic E-state index is 11.6. The van der Waals surface area contributed by atoms with Crippen molar-refractivity contribution < 1.29 is 9.90 Å². The maximum Gasteiger partial charge on any atom is 0.335 e. The van der Waals surface area contributed by atoms with Crippen molar-refractivity contribution in [2.75, 3.05) is 24.7 Å². The molecule has 5 aliphatic carbocycles. The molecular weight excluding hydrogens is 637 g/mol. The molecule has 0 spiro atoms. The summed E-state index contributed by atoms with van der Waals surface area (Å²) in [4.78, 5) is 20.7. The lowest BCUT2D eigenvalue weighted by atomic mass is 9.33. The third kappa shape index (κ3) is 5.42. The molecule has 50 heavy (non-hydrogen) atoms. The van der Waals surface area contributed by atoms with Gasteiger partial charge < -0.3 is 15.7 Å². The van der Waals surface area contributed by atoms with E-state index in [0.29, 0.717) is 46.0 Å². The highest BCUT2D eigenvalue weighted by atomic mass is 32.2. The topological polar surface area (TPSA) is 87.1 Å². The minimum Gasteiger partial charge on any atom is -0.478 e. The summed E-state index contributed by atoms with van der Waals surface area (Å²) in [5, 5.41) is 18.2. The largest absolute Gasteiger partial charge is 0.478 e. The molecule has 2 aromatic rings. The van der Waals surface area contributed by atoms with Crippen molar-refractivity contribution in [3.63, 3.8) is 0 Å². The predicted molar refractivity (Wildman–Crippen MR) is 206 cm³/mol. The first kappa shape index (κ1) is 35.7. The lowest BCUT2D eigenvalue weighted by Gasteiger charge is -2.72. The Morgan fingerprint density at radius 1 is 0.940 bits per heavy atom. The monoisotopic (exact) mass is 696 g/mol. The van der Waals surface area contributed by atoms with Crippen LogP contribution in [-0.2, 0) is 0 Å². The van der Waals surface area contributed by atoms with Crippen LogP contribution in [0.15, 0.2) is 59.8 Å². The van der Waals surface area contributed by atoms with Crippen LogP contribution in [0, 0.1) is 51.2 Å². The van der Waals surface area contributed by atoms with Gasteiger partial charge in [0.1, 0.15) is 5.03 Å². The Morgan fingerprint density at radius 2 is 1.70 bits per heavy atom. The fourth-order valence-corrected chi connectivity index (χ4v) is 13.7. The summed E-state index contributed by atoms with van der Waals surface area (Å²) in [6.45, 7) is 21.7. The van der Waals surface area contributed by atoms with Crippen LogP contribution in [0.25, 0.3) is 5.57 Å². The molecule has 1 aromatic carbocycles. The number of thioether (sulfide) groups is 1. The molecule has 3 N–H and O–H groups in total. The molecular formula is C43H60N4O2S. The van der Waals surface area contributed by atoms with Gasteiger partial charge >= 0.3 is 5.97 Å². The number of allylic oxidation sites excluding steroid dienone is 3. The number of hydrogen-bond donors (Lipinski definition) is 3. The van der Waals surface area contributed by atoms with Gasteiger partial charge in [0.05, 0.1) is 5.56 Å². The molecule has 7 rings (SSSR count). The molecule has 6 nitrogen and oxygen atoms in total. The molecule has 0 radical (unpaired) electrons. The van der Waals surface area contributed by atoms with Crippen LogP contribution in [0.2, 0.25) is 0 Å². The zero-order valence-electron chi connectivity index (χ0n) is 31.6. The first-order valence-electron chi connectivity index (χ1n) is 19.3. The predicted octanol–water partition coefficient (Wildman–Crippen LogP) is 10.0. The van der Waals surface area contributed by atoms with E-state index < -0.39 is 5.97 Å². The number of carboxylic acids is 1.